The number of aromatic nitrogens is 4. The zero-order valence-electron chi connectivity index (χ0n) is 22.4. The Labute approximate surface area is 256 Å². The van der Waals surface area contributed by atoms with Gasteiger partial charge >= 0.3 is 6.03 Å². The van der Waals surface area contributed by atoms with E-state index in [0.29, 0.717) is 58.8 Å². The van der Waals surface area contributed by atoms with E-state index in [-0.39, 0.29) is 6.04 Å². The lowest BCUT2D eigenvalue weighted by Crippen LogP contribution is -2.49. The van der Waals surface area contributed by atoms with Crippen LogP contribution < -0.4 is 14.9 Å². The first-order valence-corrected chi connectivity index (χ1v) is 15.5. The number of halogens is 3. The maximum atomic E-state index is 14.0. The number of nitrogens with one attached hydrogen (secondary N) is 2. The number of nitrogens with zero attached hydrogens (tertiary/aromatic N) is 5. The molecule has 0 atom stereocenters. The number of benzene rings is 3. The fraction of sp³-hybridized carbons (Fsp3) is 0.172. The molecule has 2 amide bonds. The number of urea groups is 1. The predicted octanol–water partition coefficient (Wildman–Crippen LogP) is 5.59. The average molecular weight is 641 g/mol. The second-order valence-electron chi connectivity index (χ2n) is 9.87. The van der Waals surface area contributed by atoms with Crippen molar-refractivity contribution in [2.45, 2.75) is 23.8 Å². The quantitative estimate of drug-likeness (QED) is 0.248. The van der Waals surface area contributed by atoms with Gasteiger partial charge in [0.25, 0.3) is 10.0 Å². The molecule has 3 heterocycles. The summed E-state index contributed by atoms with van der Waals surface area (Å²) in [5, 5.41) is 3.81. The van der Waals surface area contributed by atoms with Crippen LogP contribution in [0.5, 0.6) is 0 Å². The molecular formula is C29H24Cl2FN7O3S. The van der Waals surface area contributed by atoms with Crippen LogP contribution in [0, 0.1) is 5.82 Å². The minimum absolute atomic E-state index is 0.310. The van der Waals surface area contributed by atoms with Crippen molar-refractivity contribution in [3.63, 3.8) is 0 Å². The normalized spacial score (nSPS) is 14.2. The number of imidazole rings is 1. The number of sulfonamides is 1. The van der Waals surface area contributed by atoms with Gasteiger partial charge in [0.1, 0.15) is 22.9 Å². The molecule has 5 aromatic rings. The van der Waals surface area contributed by atoms with Crippen molar-refractivity contribution < 1.29 is 17.6 Å². The summed E-state index contributed by atoms with van der Waals surface area (Å²) in [7, 11) is -4.36. The molecule has 2 aromatic heterocycles. The number of amides is 2. The third-order valence-corrected chi connectivity index (χ3v) is 9.05. The number of carbonyl (C=O) groups is 1. The highest BCUT2D eigenvalue weighted by Gasteiger charge is 2.28. The van der Waals surface area contributed by atoms with Crippen LogP contribution in [0.1, 0.15) is 12.8 Å². The largest absolute Gasteiger partial charge is 0.355 e. The molecule has 6 rings (SSSR count). The zero-order valence-corrected chi connectivity index (χ0v) is 24.7. The summed E-state index contributed by atoms with van der Waals surface area (Å²) in [4.78, 5) is 28.0. The highest BCUT2D eigenvalue weighted by Crippen LogP contribution is 2.35. The Morgan fingerprint density at radius 2 is 1.63 bits per heavy atom. The second-order valence-corrected chi connectivity index (χ2v) is 12.4. The lowest BCUT2D eigenvalue weighted by Gasteiger charge is -2.33. The first-order valence-electron chi connectivity index (χ1n) is 13.3. The lowest BCUT2D eigenvalue weighted by molar-refractivity contribution is 0.239. The molecule has 0 aliphatic carbocycles. The molecular weight excluding hydrogens is 616 g/mol. The standard InChI is InChI=1S/C29H24Cl2FN7O3S/c30-18-9-11-20(12-10-18)39-26(21-5-1-2-6-22(21)31)36-25-27(33-17-34-28(25)39)38-15-13-19(14-16-38)35-29(40)37-43(41,42)24-8-4-3-7-23(24)32/h1-12,17,19H,13-16H2,(H2,35,37,40). The van der Waals surface area contributed by atoms with Gasteiger partial charge in [-0.25, -0.2) is 37.3 Å². The SMILES string of the molecule is O=C(NC1CCN(c2ncnc3c2nc(-c2ccccc2Cl)n3-c2ccc(Cl)cc2)CC1)NS(=O)(=O)c1ccccc1F. The van der Waals surface area contributed by atoms with Crippen molar-refractivity contribution in [2.24, 2.45) is 0 Å². The van der Waals surface area contributed by atoms with E-state index >= 15 is 0 Å². The summed E-state index contributed by atoms with van der Waals surface area (Å²) in [5.74, 6) is 0.272. The van der Waals surface area contributed by atoms with E-state index in [4.69, 9.17) is 28.2 Å². The number of anilines is 1. The summed E-state index contributed by atoms with van der Waals surface area (Å²) in [5.41, 5.74) is 2.68. The van der Waals surface area contributed by atoms with Gasteiger partial charge in [-0.2, -0.15) is 0 Å². The minimum atomic E-state index is -4.36. The van der Waals surface area contributed by atoms with Crippen LogP contribution >= 0.6 is 23.2 Å². The summed E-state index contributed by atoms with van der Waals surface area (Å²) in [6.07, 6.45) is 2.50. The Kier molecular flexibility index (Phi) is 7.91. The van der Waals surface area contributed by atoms with E-state index in [0.717, 1.165) is 23.4 Å². The van der Waals surface area contributed by atoms with Gasteiger partial charge in [-0.1, -0.05) is 47.5 Å². The van der Waals surface area contributed by atoms with E-state index in [1.807, 2.05) is 44.5 Å². The highest BCUT2D eigenvalue weighted by molar-refractivity contribution is 7.90. The predicted molar refractivity (Wildman–Crippen MR) is 163 cm³/mol. The van der Waals surface area contributed by atoms with Crippen LogP contribution in [0.15, 0.2) is 84.0 Å². The topological polar surface area (TPSA) is 122 Å². The number of fused-ring (bicyclic) bond motifs is 1. The smallest absolute Gasteiger partial charge is 0.328 e. The molecule has 0 radical (unpaired) electrons. The third kappa shape index (κ3) is 5.85. The second kappa shape index (κ2) is 11.8. The van der Waals surface area contributed by atoms with E-state index in [1.165, 1.54) is 18.5 Å². The molecule has 1 fully saturated rings. The number of hydrogen-bond donors (Lipinski definition) is 2. The number of carbonyl (C=O) groups excluding carboxylic acids is 1. The molecule has 0 unspecified atom stereocenters. The molecule has 2 N–H and O–H groups in total. The number of piperidine rings is 1. The van der Waals surface area contributed by atoms with Crippen LogP contribution in [0.3, 0.4) is 0 Å². The van der Waals surface area contributed by atoms with Gasteiger partial charge < -0.3 is 10.2 Å². The fourth-order valence-corrected chi connectivity index (χ4v) is 6.40. The molecule has 14 heteroatoms. The molecule has 0 bridgehead atoms. The van der Waals surface area contributed by atoms with E-state index in [2.05, 4.69) is 15.3 Å². The highest BCUT2D eigenvalue weighted by atomic mass is 35.5. The molecule has 3 aromatic carbocycles. The Hall–Kier alpha value is -4.26. The van der Waals surface area contributed by atoms with Crippen LogP contribution in [0.4, 0.5) is 15.0 Å². The van der Waals surface area contributed by atoms with Crippen molar-refractivity contribution >= 4 is 56.2 Å². The summed E-state index contributed by atoms with van der Waals surface area (Å²) in [6, 6.07) is 18.4. The van der Waals surface area contributed by atoms with Gasteiger partial charge in [-0.3, -0.25) is 4.57 Å². The van der Waals surface area contributed by atoms with Gasteiger partial charge in [0, 0.05) is 35.4 Å². The van der Waals surface area contributed by atoms with Crippen molar-refractivity contribution in [3.8, 4) is 17.1 Å². The monoisotopic (exact) mass is 639 g/mol. The molecule has 0 spiro atoms. The summed E-state index contributed by atoms with van der Waals surface area (Å²) < 4.78 is 42.7. The fourth-order valence-electron chi connectivity index (χ4n) is 5.06. The molecule has 10 nitrogen and oxygen atoms in total. The number of hydrogen-bond acceptors (Lipinski definition) is 7. The Balaban J connectivity index is 1.24. The van der Waals surface area contributed by atoms with Crippen LogP contribution in [0.2, 0.25) is 10.0 Å². The van der Waals surface area contributed by atoms with Crippen molar-refractivity contribution in [2.75, 3.05) is 18.0 Å². The van der Waals surface area contributed by atoms with Crippen LogP contribution in [-0.4, -0.2) is 53.1 Å². The van der Waals surface area contributed by atoms with Gasteiger partial charge in [-0.05, 0) is 61.4 Å². The van der Waals surface area contributed by atoms with Gasteiger partial charge in [0.05, 0.1) is 5.02 Å². The van der Waals surface area contributed by atoms with Gasteiger partial charge in [0.15, 0.2) is 17.0 Å². The van der Waals surface area contributed by atoms with Crippen LogP contribution in [0.25, 0.3) is 28.2 Å². The molecule has 220 valence electrons. The first kappa shape index (κ1) is 28.8. The van der Waals surface area contributed by atoms with Crippen LogP contribution in [-0.2, 0) is 10.0 Å². The molecule has 1 aliphatic heterocycles. The maximum absolute atomic E-state index is 14.0. The molecule has 1 aliphatic rings. The lowest BCUT2D eigenvalue weighted by atomic mass is 10.1. The van der Waals surface area contributed by atoms with Gasteiger partial charge in [0.2, 0.25) is 0 Å². The van der Waals surface area contributed by atoms with Crippen molar-refractivity contribution in [3.05, 3.63) is 95.0 Å². The number of rotatable bonds is 6. The summed E-state index contributed by atoms with van der Waals surface area (Å²) in [6.45, 7) is 1.01. The minimum Gasteiger partial charge on any atom is -0.355 e. The molecule has 0 saturated carbocycles. The van der Waals surface area contributed by atoms with Crippen molar-refractivity contribution in [1.82, 2.24) is 29.6 Å². The zero-order chi connectivity index (χ0) is 30.1. The summed E-state index contributed by atoms with van der Waals surface area (Å²) >= 11 is 12.7. The third-order valence-electron chi connectivity index (χ3n) is 7.11. The van der Waals surface area contributed by atoms with E-state index in [1.54, 1.807) is 18.2 Å². The van der Waals surface area contributed by atoms with E-state index < -0.39 is 26.8 Å². The maximum Gasteiger partial charge on any atom is 0.328 e. The van der Waals surface area contributed by atoms with Gasteiger partial charge in [-0.15, -0.1) is 0 Å². The Morgan fingerprint density at radius 1 is 0.930 bits per heavy atom. The Morgan fingerprint density at radius 3 is 2.35 bits per heavy atom. The van der Waals surface area contributed by atoms with E-state index in [9.17, 15) is 17.6 Å². The molecule has 1 saturated heterocycles. The molecule has 43 heavy (non-hydrogen) atoms. The van der Waals surface area contributed by atoms with Crippen molar-refractivity contribution in [1.29, 1.82) is 0 Å². The first-order chi connectivity index (χ1) is 20.7. The average Bonchev–Trinajstić information content (AvgIpc) is 3.37. The Bertz CT molecular complexity index is 1930.